The highest BCUT2D eigenvalue weighted by Gasteiger charge is 2.51. The number of nitrogens with one attached hydrogen (secondary N) is 2. The second-order valence-corrected chi connectivity index (χ2v) is 5.75. The van der Waals surface area contributed by atoms with Crippen molar-refractivity contribution >= 4 is 12.0 Å². The molecule has 0 aromatic carbocycles. The molecule has 0 aliphatic carbocycles. The fraction of sp³-hybridized carbons (Fsp3) is 0.818. The molecule has 2 aliphatic heterocycles. The van der Waals surface area contributed by atoms with E-state index in [1.807, 2.05) is 0 Å². The molecule has 3 N–H and O–H groups in total. The summed E-state index contributed by atoms with van der Waals surface area (Å²) >= 11 is 0. The first-order valence-corrected chi connectivity index (χ1v) is 5.97. The monoisotopic (exact) mass is 257 g/mol. The third kappa shape index (κ3) is 2.41. The topological polar surface area (TPSA) is 90.9 Å². The molecular formula is C11H19N3O4. The molecule has 7 heteroatoms. The van der Waals surface area contributed by atoms with E-state index < -0.39 is 23.6 Å². The van der Waals surface area contributed by atoms with Gasteiger partial charge in [-0.3, -0.25) is 10.1 Å². The van der Waals surface area contributed by atoms with Gasteiger partial charge in [-0.2, -0.15) is 0 Å². The molecule has 2 aliphatic rings. The van der Waals surface area contributed by atoms with Gasteiger partial charge in [-0.05, 0) is 27.2 Å². The summed E-state index contributed by atoms with van der Waals surface area (Å²) in [4.78, 5) is 25.1. The lowest BCUT2D eigenvalue weighted by molar-refractivity contribution is -0.124. The molecule has 0 saturated carbocycles. The molecule has 0 bridgehead atoms. The average molecular weight is 257 g/mol. The van der Waals surface area contributed by atoms with Crippen LogP contribution in [0.15, 0.2) is 0 Å². The summed E-state index contributed by atoms with van der Waals surface area (Å²) < 4.78 is 5.25. The lowest BCUT2D eigenvalue weighted by atomic mass is 10.00. The highest BCUT2D eigenvalue weighted by atomic mass is 16.6. The van der Waals surface area contributed by atoms with E-state index in [-0.39, 0.29) is 12.5 Å². The molecule has 2 fully saturated rings. The van der Waals surface area contributed by atoms with Gasteiger partial charge in [-0.1, -0.05) is 0 Å². The third-order valence-corrected chi connectivity index (χ3v) is 3.04. The predicted molar refractivity (Wildman–Crippen MR) is 62.4 cm³/mol. The Morgan fingerprint density at radius 2 is 2.22 bits per heavy atom. The Bertz CT molecular complexity index is 379. The van der Waals surface area contributed by atoms with Crippen molar-refractivity contribution in [2.45, 2.75) is 44.7 Å². The molecule has 0 aromatic heterocycles. The molecule has 7 nitrogen and oxygen atoms in total. The van der Waals surface area contributed by atoms with Crippen molar-refractivity contribution in [2.75, 3.05) is 13.1 Å². The van der Waals surface area contributed by atoms with Gasteiger partial charge >= 0.3 is 6.09 Å². The van der Waals surface area contributed by atoms with Crippen LogP contribution in [0, 0.1) is 0 Å². The molecule has 2 unspecified atom stereocenters. The van der Waals surface area contributed by atoms with E-state index in [9.17, 15) is 14.7 Å². The molecule has 18 heavy (non-hydrogen) atoms. The number of rotatable bonds is 0. The molecule has 2 saturated heterocycles. The number of hydrogen-bond donors (Lipinski definition) is 3. The maximum atomic E-state index is 11.9. The summed E-state index contributed by atoms with van der Waals surface area (Å²) in [5.41, 5.74) is -1.44. The average Bonchev–Trinajstić information content (AvgIpc) is 2.70. The molecule has 2 heterocycles. The van der Waals surface area contributed by atoms with Gasteiger partial charge in [0.25, 0.3) is 0 Å². The molecule has 2 rings (SSSR count). The van der Waals surface area contributed by atoms with E-state index >= 15 is 0 Å². The van der Waals surface area contributed by atoms with Crippen molar-refractivity contribution in [1.82, 2.24) is 15.5 Å². The number of amides is 2. The van der Waals surface area contributed by atoms with Gasteiger partial charge < -0.3 is 20.1 Å². The minimum Gasteiger partial charge on any atom is -0.444 e. The van der Waals surface area contributed by atoms with Crippen LogP contribution in [0.4, 0.5) is 4.79 Å². The van der Waals surface area contributed by atoms with Crippen LogP contribution < -0.4 is 10.6 Å². The Balaban J connectivity index is 2.00. The van der Waals surface area contributed by atoms with Gasteiger partial charge in [0, 0.05) is 6.54 Å². The van der Waals surface area contributed by atoms with Crippen LogP contribution in [-0.4, -0.2) is 52.6 Å². The molecule has 102 valence electrons. The van der Waals surface area contributed by atoms with Crippen LogP contribution >= 0.6 is 0 Å². The van der Waals surface area contributed by atoms with Crippen LogP contribution in [0.25, 0.3) is 0 Å². The number of aliphatic hydroxyl groups is 1. The summed E-state index contributed by atoms with van der Waals surface area (Å²) in [5, 5.41) is 14.5. The van der Waals surface area contributed by atoms with Crippen molar-refractivity contribution < 1.29 is 19.4 Å². The Labute approximate surface area is 105 Å². The zero-order chi connectivity index (χ0) is 13.6. The smallest absolute Gasteiger partial charge is 0.410 e. The Kier molecular flexibility index (Phi) is 2.98. The molecule has 0 aromatic rings. The van der Waals surface area contributed by atoms with E-state index in [4.69, 9.17) is 4.74 Å². The molecule has 2 atom stereocenters. The Morgan fingerprint density at radius 1 is 1.56 bits per heavy atom. The van der Waals surface area contributed by atoms with E-state index in [0.29, 0.717) is 13.0 Å². The number of aliphatic hydroxyl groups excluding tert-OH is 1. The first kappa shape index (κ1) is 13.1. The summed E-state index contributed by atoms with van der Waals surface area (Å²) in [6.45, 7) is 6.02. The van der Waals surface area contributed by atoms with Crippen LogP contribution in [0.5, 0.6) is 0 Å². The van der Waals surface area contributed by atoms with Crippen LogP contribution in [0.2, 0.25) is 0 Å². The Morgan fingerprint density at radius 3 is 2.72 bits per heavy atom. The van der Waals surface area contributed by atoms with Crippen LogP contribution in [0.3, 0.4) is 0 Å². The van der Waals surface area contributed by atoms with Gasteiger partial charge in [0.05, 0.1) is 6.54 Å². The predicted octanol–water partition coefficient (Wildman–Crippen LogP) is -0.639. The second kappa shape index (κ2) is 4.10. The largest absolute Gasteiger partial charge is 0.444 e. The van der Waals surface area contributed by atoms with E-state index in [1.165, 1.54) is 4.90 Å². The maximum absolute atomic E-state index is 11.9. The summed E-state index contributed by atoms with van der Waals surface area (Å²) in [6.07, 6.45) is -1.01. The number of ether oxygens (including phenoxy) is 1. The highest BCUT2D eigenvalue weighted by molar-refractivity contribution is 5.90. The fourth-order valence-corrected chi connectivity index (χ4v) is 2.22. The third-order valence-electron chi connectivity index (χ3n) is 3.04. The van der Waals surface area contributed by atoms with Gasteiger partial charge in [0.2, 0.25) is 5.91 Å². The first-order valence-electron chi connectivity index (χ1n) is 5.97. The number of carbonyl (C=O) groups excluding carboxylic acids is 2. The zero-order valence-corrected chi connectivity index (χ0v) is 10.8. The van der Waals surface area contributed by atoms with Crippen molar-refractivity contribution in [1.29, 1.82) is 0 Å². The SMILES string of the molecule is CC(C)(C)OC(=O)N1CCC2(C1)NC(O)NC2=O. The lowest BCUT2D eigenvalue weighted by Crippen LogP contribution is -2.50. The van der Waals surface area contributed by atoms with Gasteiger partial charge in [-0.25, -0.2) is 4.79 Å². The minimum atomic E-state index is -1.05. The first-order chi connectivity index (χ1) is 8.22. The number of likely N-dealkylation sites (tertiary alicyclic amines) is 1. The van der Waals surface area contributed by atoms with E-state index in [2.05, 4.69) is 10.6 Å². The minimum absolute atomic E-state index is 0.213. The highest BCUT2D eigenvalue weighted by Crippen LogP contribution is 2.26. The van der Waals surface area contributed by atoms with Crippen molar-refractivity contribution in [3.63, 3.8) is 0 Å². The van der Waals surface area contributed by atoms with Crippen LogP contribution in [0.1, 0.15) is 27.2 Å². The molecular weight excluding hydrogens is 238 g/mol. The van der Waals surface area contributed by atoms with Crippen LogP contribution in [-0.2, 0) is 9.53 Å². The van der Waals surface area contributed by atoms with Crippen molar-refractivity contribution in [3.05, 3.63) is 0 Å². The Hall–Kier alpha value is -1.34. The van der Waals surface area contributed by atoms with E-state index in [1.54, 1.807) is 20.8 Å². The number of nitrogens with zero attached hydrogens (tertiary/aromatic N) is 1. The second-order valence-electron chi connectivity index (χ2n) is 5.75. The summed E-state index contributed by atoms with van der Waals surface area (Å²) in [7, 11) is 0. The molecule has 0 radical (unpaired) electrons. The summed E-state index contributed by atoms with van der Waals surface area (Å²) in [6, 6.07) is 0. The summed E-state index contributed by atoms with van der Waals surface area (Å²) in [5.74, 6) is -0.277. The quantitative estimate of drug-likeness (QED) is 0.537. The standard InChI is InChI=1S/C11H19N3O4/c1-10(2,3)18-9(17)14-5-4-11(6-14)7(15)12-8(16)13-11/h8,13,16H,4-6H2,1-3H3,(H,12,15). The normalized spacial score (nSPS) is 31.9. The van der Waals surface area contributed by atoms with E-state index in [0.717, 1.165) is 0 Å². The van der Waals surface area contributed by atoms with Gasteiger partial charge in [0.1, 0.15) is 11.1 Å². The van der Waals surface area contributed by atoms with Gasteiger partial charge in [0.15, 0.2) is 6.35 Å². The number of hydrogen-bond acceptors (Lipinski definition) is 5. The molecule has 2 amide bonds. The van der Waals surface area contributed by atoms with Gasteiger partial charge in [-0.15, -0.1) is 0 Å². The molecule has 1 spiro atoms. The lowest BCUT2D eigenvalue weighted by Gasteiger charge is -2.25. The fourth-order valence-electron chi connectivity index (χ4n) is 2.22. The van der Waals surface area contributed by atoms with Crippen molar-refractivity contribution in [3.8, 4) is 0 Å². The zero-order valence-electron chi connectivity index (χ0n) is 10.8. The maximum Gasteiger partial charge on any atom is 0.410 e. The number of carbonyl (C=O) groups is 2. The van der Waals surface area contributed by atoms with Crippen molar-refractivity contribution in [2.24, 2.45) is 0 Å².